The molecule has 0 aliphatic carbocycles. The molecule has 54 valence electrons. The smallest absolute Gasteiger partial charge is 0.180 e. The highest BCUT2D eigenvalue weighted by Gasteiger charge is 1.85. The van der Waals surface area contributed by atoms with E-state index in [0.717, 1.165) is 0 Å². The van der Waals surface area contributed by atoms with Crippen molar-refractivity contribution in [2.24, 2.45) is 0 Å². The summed E-state index contributed by atoms with van der Waals surface area (Å²) in [6, 6.07) is 1.67. The molecule has 3 nitrogen and oxygen atoms in total. The highest BCUT2D eigenvalue weighted by atomic mass is 32.1. The lowest BCUT2D eigenvalue weighted by molar-refractivity contribution is 0.206. The Morgan fingerprint density at radius 1 is 1.60 bits per heavy atom. The van der Waals surface area contributed by atoms with Gasteiger partial charge in [0.2, 0.25) is 0 Å². The van der Waals surface area contributed by atoms with Crippen LogP contribution < -0.4 is 0 Å². The predicted octanol–water partition coefficient (Wildman–Crippen LogP) is 1.22. The zero-order chi connectivity index (χ0) is 7.56. The fourth-order valence-electron chi connectivity index (χ4n) is 0.556. The van der Waals surface area contributed by atoms with Gasteiger partial charge in [-0.1, -0.05) is 12.2 Å². The summed E-state index contributed by atoms with van der Waals surface area (Å²) in [5.41, 5.74) is 0. The van der Waals surface area contributed by atoms with Gasteiger partial charge in [0.15, 0.2) is 4.77 Å². The van der Waals surface area contributed by atoms with Crippen LogP contribution in [0.4, 0.5) is 0 Å². The van der Waals surface area contributed by atoms with Crippen LogP contribution in [0.5, 0.6) is 0 Å². The molecule has 0 radical (unpaired) electrons. The first kappa shape index (κ1) is 7.59. The molecule has 0 aliphatic rings. The number of aliphatic hydroxyl groups excluding tert-OH is 1. The second-order valence-corrected chi connectivity index (χ2v) is 2.55. The van der Waals surface area contributed by atoms with Gasteiger partial charge in [-0.3, -0.25) is 0 Å². The molecule has 1 heterocycles. The molecule has 0 saturated heterocycles. The summed E-state index contributed by atoms with van der Waals surface area (Å²) in [6.45, 7) is -0.120. The van der Waals surface area contributed by atoms with Crippen LogP contribution in [-0.2, 0) is 6.73 Å². The van der Waals surface area contributed by atoms with Gasteiger partial charge >= 0.3 is 0 Å². The molecule has 0 saturated carbocycles. The Kier molecular flexibility index (Phi) is 2.31. The first-order chi connectivity index (χ1) is 4.74. The molecule has 0 unspecified atom stereocenters. The predicted molar refractivity (Wildman–Crippen MR) is 42.7 cm³/mol. The number of aromatic amines is 1. The lowest BCUT2D eigenvalue weighted by Crippen LogP contribution is -1.99. The summed E-state index contributed by atoms with van der Waals surface area (Å²) in [5, 5.41) is 8.65. The van der Waals surface area contributed by atoms with Crippen molar-refractivity contribution in [2.45, 2.75) is 6.73 Å². The van der Waals surface area contributed by atoms with Crippen LogP contribution in [0.2, 0.25) is 0 Å². The molecule has 1 rings (SSSR count). The maximum absolute atomic E-state index is 8.65. The van der Waals surface area contributed by atoms with Crippen molar-refractivity contribution >= 4 is 24.4 Å². The number of hydrogen-bond acceptors (Lipinski definition) is 3. The van der Waals surface area contributed by atoms with E-state index in [9.17, 15) is 0 Å². The van der Waals surface area contributed by atoms with Crippen molar-refractivity contribution in [3.63, 3.8) is 0 Å². The molecule has 2 N–H and O–H groups in total. The lowest BCUT2D eigenvalue weighted by atomic mass is 10.7. The van der Waals surface area contributed by atoms with Gasteiger partial charge in [0.1, 0.15) is 11.4 Å². The largest absolute Gasteiger partial charge is 0.376 e. The van der Waals surface area contributed by atoms with Gasteiger partial charge in [0, 0.05) is 6.20 Å². The number of aromatic nitrogens is 2. The van der Waals surface area contributed by atoms with Crippen LogP contribution in [0.15, 0.2) is 12.3 Å². The Labute approximate surface area is 68.0 Å². The third-order valence-corrected chi connectivity index (χ3v) is 1.62. The molecule has 0 amide bonds. The normalized spacial score (nSPS) is 9.70. The van der Waals surface area contributed by atoms with Gasteiger partial charge in [-0.2, -0.15) is 0 Å². The van der Waals surface area contributed by atoms with Gasteiger partial charge < -0.3 is 14.7 Å². The summed E-state index contributed by atoms with van der Waals surface area (Å²) in [6.07, 6.45) is 1.64. The molecule has 0 atom stereocenters. The Morgan fingerprint density at radius 2 is 2.30 bits per heavy atom. The van der Waals surface area contributed by atoms with Crippen molar-refractivity contribution < 1.29 is 5.11 Å². The third kappa shape index (κ3) is 1.50. The highest BCUT2D eigenvalue weighted by molar-refractivity contribution is 7.72. The molecule has 0 aromatic carbocycles. The topological polar surface area (TPSA) is 41.0 Å². The molecule has 5 heteroatoms. The molecule has 0 bridgehead atoms. The van der Waals surface area contributed by atoms with E-state index < -0.39 is 0 Å². The zero-order valence-electron chi connectivity index (χ0n) is 5.07. The summed E-state index contributed by atoms with van der Waals surface area (Å²) >= 11 is 9.61. The van der Waals surface area contributed by atoms with E-state index in [1.165, 1.54) is 4.57 Å². The van der Waals surface area contributed by atoms with E-state index in [2.05, 4.69) is 4.98 Å². The molecule has 1 aromatic rings. The van der Waals surface area contributed by atoms with Gasteiger partial charge in [0.05, 0.1) is 0 Å². The molecule has 1 aromatic heterocycles. The molecule has 0 aliphatic heterocycles. The average molecular weight is 174 g/mol. The number of hydrogen-bond donors (Lipinski definition) is 2. The summed E-state index contributed by atoms with van der Waals surface area (Å²) in [5.74, 6) is 0. The Hall–Kier alpha value is -0.520. The van der Waals surface area contributed by atoms with Crippen molar-refractivity contribution in [2.75, 3.05) is 0 Å². The fourth-order valence-corrected chi connectivity index (χ4v) is 1.01. The van der Waals surface area contributed by atoms with Crippen LogP contribution in [0, 0.1) is 9.41 Å². The van der Waals surface area contributed by atoms with E-state index in [0.29, 0.717) is 9.41 Å². The van der Waals surface area contributed by atoms with E-state index in [4.69, 9.17) is 29.5 Å². The maximum atomic E-state index is 8.65. The van der Waals surface area contributed by atoms with Gasteiger partial charge in [-0.15, -0.1) is 0 Å². The molecular weight excluding hydrogens is 168 g/mol. The number of aliphatic hydroxyl groups is 1. The van der Waals surface area contributed by atoms with Crippen molar-refractivity contribution in [1.82, 2.24) is 9.55 Å². The Bertz CT molecular complexity index is 327. The van der Waals surface area contributed by atoms with Gasteiger partial charge in [-0.05, 0) is 18.3 Å². The first-order valence-corrected chi connectivity index (χ1v) is 3.46. The maximum Gasteiger partial charge on any atom is 0.180 e. The third-order valence-electron chi connectivity index (χ3n) is 1.05. The lowest BCUT2D eigenvalue weighted by Gasteiger charge is -1.98. The number of nitrogens with one attached hydrogen (secondary N) is 1. The molecule has 0 fully saturated rings. The number of H-pyrrole nitrogens is 1. The van der Waals surface area contributed by atoms with Gasteiger partial charge in [0.25, 0.3) is 0 Å². The van der Waals surface area contributed by atoms with Gasteiger partial charge in [-0.25, -0.2) is 0 Å². The summed E-state index contributed by atoms with van der Waals surface area (Å²) < 4.78 is 2.50. The minimum absolute atomic E-state index is 0.120. The number of nitrogens with zero attached hydrogens (tertiary/aromatic N) is 1. The fraction of sp³-hybridized carbons (Fsp3) is 0.200. The van der Waals surface area contributed by atoms with Crippen LogP contribution in [0.1, 0.15) is 0 Å². The second-order valence-electron chi connectivity index (χ2n) is 1.72. The second kappa shape index (κ2) is 3.05. The van der Waals surface area contributed by atoms with Crippen molar-refractivity contribution in [3.05, 3.63) is 21.7 Å². The summed E-state index contributed by atoms with van der Waals surface area (Å²) in [4.78, 5) is 2.72. The van der Waals surface area contributed by atoms with Crippen LogP contribution in [0.3, 0.4) is 0 Å². The summed E-state index contributed by atoms with van der Waals surface area (Å²) in [7, 11) is 0. The van der Waals surface area contributed by atoms with Crippen LogP contribution >= 0.6 is 24.4 Å². The monoisotopic (exact) mass is 174 g/mol. The van der Waals surface area contributed by atoms with E-state index >= 15 is 0 Å². The van der Waals surface area contributed by atoms with Crippen molar-refractivity contribution in [3.8, 4) is 0 Å². The van der Waals surface area contributed by atoms with Crippen LogP contribution in [0.25, 0.3) is 0 Å². The first-order valence-electron chi connectivity index (χ1n) is 2.64. The van der Waals surface area contributed by atoms with E-state index in [1.807, 2.05) is 0 Å². The van der Waals surface area contributed by atoms with E-state index in [1.54, 1.807) is 12.3 Å². The Balaban J connectivity index is 3.34. The Morgan fingerprint density at radius 3 is 2.80 bits per heavy atom. The minimum atomic E-state index is -0.120. The molecule has 10 heavy (non-hydrogen) atoms. The SMILES string of the molecule is OCn1ccc(=S)[nH]c1=S. The number of rotatable bonds is 1. The molecular formula is C5H6N2OS2. The minimum Gasteiger partial charge on any atom is -0.376 e. The van der Waals surface area contributed by atoms with Crippen molar-refractivity contribution in [1.29, 1.82) is 0 Å². The average Bonchev–Trinajstić information content (AvgIpc) is 1.88. The molecule has 0 spiro atoms. The highest BCUT2D eigenvalue weighted by Crippen LogP contribution is 1.89. The zero-order valence-corrected chi connectivity index (χ0v) is 6.71. The standard InChI is InChI=1S/C5H6N2OS2/c8-3-7-2-1-4(9)6-5(7)10/h1-2,8H,3H2,(H,6,9,10). The van der Waals surface area contributed by atoms with Crippen LogP contribution in [-0.4, -0.2) is 14.7 Å². The quantitative estimate of drug-likeness (QED) is 0.629. The van der Waals surface area contributed by atoms with E-state index in [-0.39, 0.29) is 6.73 Å².